The lowest BCUT2D eigenvalue weighted by molar-refractivity contribution is 0.0950. The van der Waals surface area contributed by atoms with Crippen molar-refractivity contribution in [3.63, 3.8) is 0 Å². The Morgan fingerprint density at radius 3 is 2.63 bits per heavy atom. The lowest BCUT2D eigenvalue weighted by Crippen LogP contribution is -2.38. The Kier molecular flexibility index (Phi) is 6.03. The molecule has 0 unspecified atom stereocenters. The fourth-order valence-electron chi connectivity index (χ4n) is 3.12. The number of rotatable bonds is 5. The number of halogens is 2. The summed E-state index contributed by atoms with van der Waals surface area (Å²) in [5, 5.41) is 0.400. The molecule has 3 rings (SSSR count). The number of anilines is 1. The van der Waals surface area contributed by atoms with Crippen LogP contribution in [0, 0.1) is 5.82 Å². The molecular weight excluding hydrogens is 373 g/mol. The van der Waals surface area contributed by atoms with E-state index in [2.05, 4.69) is 10.3 Å². The lowest BCUT2D eigenvalue weighted by Gasteiger charge is -2.34. The number of nitrogens with zero attached hydrogens (tertiary/aromatic N) is 1. The highest BCUT2D eigenvalue weighted by Gasteiger charge is 2.23. The minimum atomic E-state index is -0.405. The van der Waals surface area contributed by atoms with Gasteiger partial charge in [0.2, 0.25) is 0 Å². The highest BCUT2D eigenvalue weighted by Crippen LogP contribution is 2.31. The van der Waals surface area contributed by atoms with E-state index in [0.717, 1.165) is 31.6 Å². The Labute approximate surface area is 162 Å². The highest BCUT2D eigenvalue weighted by atomic mass is 35.5. The average Bonchev–Trinajstić information content (AvgIpc) is 2.70. The Bertz CT molecular complexity index is 826. The van der Waals surface area contributed by atoms with E-state index in [9.17, 15) is 9.18 Å². The van der Waals surface area contributed by atoms with E-state index in [-0.39, 0.29) is 11.9 Å². The van der Waals surface area contributed by atoms with Gasteiger partial charge in [-0.25, -0.2) is 10.2 Å². The quantitative estimate of drug-likeness (QED) is 0.463. The number of nitrogens with two attached hydrogens (primary N) is 1. The van der Waals surface area contributed by atoms with Crippen molar-refractivity contribution in [1.29, 1.82) is 0 Å². The van der Waals surface area contributed by atoms with Crippen LogP contribution in [-0.4, -0.2) is 32.2 Å². The van der Waals surface area contributed by atoms with Crippen LogP contribution in [0.1, 0.15) is 23.2 Å². The van der Waals surface area contributed by atoms with Crippen LogP contribution >= 0.6 is 11.6 Å². The molecule has 1 heterocycles. The third-order valence-corrected chi connectivity index (χ3v) is 4.87. The molecule has 0 saturated carbocycles. The molecule has 1 saturated heterocycles. The SMILES string of the molecule is COc1cc(N2CCC(Oc3cc(F)ccc3Cl)CC2)ccc1C(=O)NN. The summed E-state index contributed by atoms with van der Waals surface area (Å²) >= 11 is 6.07. The lowest BCUT2D eigenvalue weighted by atomic mass is 10.1. The fourth-order valence-corrected chi connectivity index (χ4v) is 3.28. The molecular formula is C19H21ClFN3O3. The second-order valence-electron chi connectivity index (χ2n) is 6.24. The van der Waals surface area contributed by atoms with Gasteiger partial charge in [0, 0.05) is 43.8 Å². The van der Waals surface area contributed by atoms with Crippen LogP contribution in [-0.2, 0) is 0 Å². The number of hydrazine groups is 1. The molecule has 27 heavy (non-hydrogen) atoms. The molecule has 0 aliphatic carbocycles. The first-order valence-corrected chi connectivity index (χ1v) is 8.95. The van der Waals surface area contributed by atoms with Gasteiger partial charge in [-0.1, -0.05) is 11.6 Å². The van der Waals surface area contributed by atoms with Gasteiger partial charge >= 0.3 is 0 Å². The average molecular weight is 394 g/mol. The minimum absolute atomic E-state index is 0.0373. The van der Waals surface area contributed by atoms with Crippen molar-refractivity contribution in [1.82, 2.24) is 5.43 Å². The van der Waals surface area contributed by atoms with Crippen LogP contribution in [0.2, 0.25) is 5.02 Å². The molecule has 1 aliphatic rings. The van der Waals surface area contributed by atoms with Gasteiger partial charge in [0.1, 0.15) is 23.4 Å². The summed E-state index contributed by atoms with van der Waals surface area (Å²) in [5.41, 5.74) is 3.43. The van der Waals surface area contributed by atoms with Crippen molar-refractivity contribution in [3.8, 4) is 11.5 Å². The van der Waals surface area contributed by atoms with E-state index >= 15 is 0 Å². The number of nitrogens with one attached hydrogen (secondary N) is 1. The van der Waals surface area contributed by atoms with Crippen LogP contribution < -0.4 is 25.6 Å². The Balaban J connectivity index is 1.65. The topological polar surface area (TPSA) is 76.8 Å². The predicted octanol–water partition coefficient (Wildman–Crippen LogP) is 3.14. The smallest absolute Gasteiger partial charge is 0.268 e. The molecule has 144 valence electrons. The van der Waals surface area contributed by atoms with Crippen LogP contribution in [0.3, 0.4) is 0 Å². The number of piperidine rings is 1. The molecule has 1 amide bonds. The standard InChI is InChI=1S/C19H21ClFN3O3/c1-26-17-11-13(3-4-15(17)19(25)23-22)24-8-6-14(7-9-24)27-18-10-12(21)2-5-16(18)20/h2-5,10-11,14H,6-9,22H2,1H3,(H,23,25). The van der Waals surface area contributed by atoms with Gasteiger partial charge in [-0.15, -0.1) is 0 Å². The number of carbonyl (C=O) groups excluding carboxylic acids is 1. The van der Waals surface area contributed by atoms with Gasteiger partial charge < -0.3 is 14.4 Å². The van der Waals surface area contributed by atoms with Crippen molar-refractivity contribution in [2.45, 2.75) is 18.9 Å². The van der Waals surface area contributed by atoms with Gasteiger partial charge in [0.15, 0.2) is 0 Å². The van der Waals surface area contributed by atoms with Gasteiger partial charge in [-0.3, -0.25) is 10.2 Å². The molecule has 3 N–H and O–H groups in total. The molecule has 0 bridgehead atoms. The van der Waals surface area contributed by atoms with E-state index in [1.54, 1.807) is 6.07 Å². The van der Waals surface area contributed by atoms with Crippen LogP contribution in [0.25, 0.3) is 0 Å². The molecule has 1 aliphatic heterocycles. The van der Waals surface area contributed by atoms with Gasteiger partial charge in [0.25, 0.3) is 5.91 Å². The van der Waals surface area contributed by atoms with Crippen LogP contribution in [0.15, 0.2) is 36.4 Å². The Hall–Kier alpha value is -2.51. The maximum Gasteiger partial charge on any atom is 0.268 e. The maximum absolute atomic E-state index is 13.4. The summed E-state index contributed by atoms with van der Waals surface area (Å²) in [6.07, 6.45) is 1.49. The first-order valence-electron chi connectivity index (χ1n) is 8.57. The Morgan fingerprint density at radius 2 is 1.96 bits per heavy atom. The molecule has 1 fully saturated rings. The minimum Gasteiger partial charge on any atom is -0.496 e. The molecule has 2 aromatic carbocycles. The van der Waals surface area contributed by atoms with Crippen molar-refractivity contribution < 1.29 is 18.7 Å². The second kappa shape index (κ2) is 8.45. The largest absolute Gasteiger partial charge is 0.496 e. The zero-order chi connectivity index (χ0) is 19.4. The van der Waals surface area contributed by atoms with Crippen molar-refractivity contribution in [2.75, 3.05) is 25.1 Å². The summed E-state index contributed by atoms with van der Waals surface area (Å²) in [6, 6.07) is 9.46. The Morgan fingerprint density at radius 1 is 1.22 bits per heavy atom. The summed E-state index contributed by atoms with van der Waals surface area (Å²) in [7, 11) is 1.51. The zero-order valence-corrected chi connectivity index (χ0v) is 15.6. The maximum atomic E-state index is 13.4. The molecule has 6 nitrogen and oxygen atoms in total. The van der Waals surface area contributed by atoms with E-state index < -0.39 is 5.91 Å². The zero-order valence-electron chi connectivity index (χ0n) is 14.9. The summed E-state index contributed by atoms with van der Waals surface area (Å²) in [4.78, 5) is 13.9. The van der Waals surface area contributed by atoms with Crippen LogP contribution in [0.5, 0.6) is 11.5 Å². The first-order chi connectivity index (χ1) is 13.0. The first kappa shape index (κ1) is 19.3. The molecule has 0 spiro atoms. The van der Waals surface area contributed by atoms with Crippen molar-refractivity contribution in [2.24, 2.45) is 5.84 Å². The van der Waals surface area contributed by atoms with Gasteiger partial charge in [-0.05, 0) is 24.3 Å². The molecule has 8 heteroatoms. The number of nitrogen functional groups attached to an aromatic ring is 1. The molecule has 0 atom stereocenters. The number of hydrogen-bond acceptors (Lipinski definition) is 5. The summed E-state index contributed by atoms with van der Waals surface area (Å²) < 4.78 is 24.6. The molecule has 0 radical (unpaired) electrons. The van der Waals surface area contributed by atoms with E-state index in [4.69, 9.17) is 26.9 Å². The third-order valence-electron chi connectivity index (χ3n) is 4.55. The van der Waals surface area contributed by atoms with E-state index in [0.29, 0.717) is 22.1 Å². The number of ether oxygens (including phenoxy) is 2. The normalized spacial score (nSPS) is 14.7. The van der Waals surface area contributed by atoms with E-state index in [1.807, 2.05) is 12.1 Å². The molecule has 0 aromatic heterocycles. The summed E-state index contributed by atoms with van der Waals surface area (Å²) in [6.45, 7) is 1.51. The van der Waals surface area contributed by atoms with Crippen molar-refractivity contribution >= 4 is 23.2 Å². The monoisotopic (exact) mass is 393 g/mol. The van der Waals surface area contributed by atoms with Gasteiger partial charge in [-0.2, -0.15) is 0 Å². The van der Waals surface area contributed by atoms with Crippen LogP contribution in [0.4, 0.5) is 10.1 Å². The van der Waals surface area contributed by atoms with Gasteiger partial charge in [0.05, 0.1) is 17.7 Å². The predicted molar refractivity (Wildman–Crippen MR) is 102 cm³/mol. The summed E-state index contributed by atoms with van der Waals surface area (Å²) in [5.74, 6) is 5.24. The van der Waals surface area contributed by atoms with E-state index in [1.165, 1.54) is 25.3 Å². The number of benzene rings is 2. The van der Waals surface area contributed by atoms with Crippen molar-refractivity contribution in [3.05, 3.63) is 52.8 Å². The molecule has 2 aromatic rings. The fraction of sp³-hybridized carbons (Fsp3) is 0.316. The third kappa shape index (κ3) is 4.43. The highest BCUT2D eigenvalue weighted by molar-refractivity contribution is 6.32. The second-order valence-corrected chi connectivity index (χ2v) is 6.64. The number of methoxy groups -OCH3 is 1. The number of amides is 1. The number of hydrogen-bond donors (Lipinski definition) is 2. The number of carbonyl (C=O) groups is 1.